The van der Waals surface area contributed by atoms with E-state index in [2.05, 4.69) is 16.0 Å². The highest BCUT2D eigenvalue weighted by Crippen LogP contribution is 2.10. The first-order valence-corrected chi connectivity index (χ1v) is 12.9. The second kappa shape index (κ2) is 17.1. The fourth-order valence-corrected chi connectivity index (χ4v) is 3.77. The molecule has 4 unspecified atom stereocenters. The molecule has 1 aromatic carbocycles. The lowest BCUT2D eigenvalue weighted by Crippen LogP contribution is -2.57. The Hall–Kier alpha value is -3.51. The zero-order chi connectivity index (χ0) is 28.7. The number of carbonyl (C=O) groups is 5. The second-order valence-electron chi connectivity index (χ2n) is 9.74. The van der Waals surface area contributed by atoms with E-state index in [9.17, 15) is 29.1 Å². The van der Waals surface area contributed by atoms with Crippen LogP contribution in [0.2, 0.25) is 0 Å². The van der Waals surface area contributed by atoms with Crippen molar-refractivity contribution in [2.45, 2.75) is 83.0 Å². The molecule has 0 fully saturated rings. The van der Waals surface area contributed by atoms with Crippen LogP contribution in [0.15, 0.2) is 30.3 Å². The quantitative estimate of drug-likeness (QED) is 0.122. The summed E-state index contributed by atoms with van der Waals surface area (Å²) in [6, 6.07) is 4.60. The Bertz CT molecular complexity index is 926. The Kier molecular flexibility index (Phi) is 14.6. The van der Waals surface area contributed by atoms with Crippen LogP contribution < -0.4 is 33.2 Å². The van der Waals surface area contributed by atoms with E-state index in [1.807, 2.05) is 13.8 Å². The van der Waals surface area contributed by atoms with Crippen LogP contribution in [0.4, 0.5) is 0 Å². The van der Waals surface area contributed by atoms with Gasteiger partial charge in [-0.1, -0.05) is 44.2 Å². The normalized spacial score (nSPS) is 14.1. The molecule has 4 amide bonds. The smallest absolute Gasteiger partial charge is 0.326 e. The summed E-state index contributed by atoms with van der Waals surface area (Å²) in [6.07, 6.45) is 1.66. The standard InChI is InChI=1S/C26H42N6O6/c1-16(2)14-20(25(36)32-21(26(37)38)15-17-8-4-3-5-9-17)31-24(35)19(10-6-7-13-27)30-23(34)18(28)11-12-22(29)33/h3-5,8-9,16,18-21H,6-7,10-15,27-28H2,1-2H3,(H2,29,33)(H,30,34)(H,31,35)(H,32,36)(H,37,38). The van der Waals surface area contributed by atoms with E-state index in [1.54, 1.807) is 30.3 Å². The molecule has 4 atom stereocenters. The molecule has 1 aromatic rings. The fraction of sp³-hybridized carbons (Fsp3) is 0.577. The first-order chi connectivity index (χ1) is 17.9. The number of carbonyl (C=O) groups excluding carboxylic acids is 4. The summed E-state index contributed by atoms with van der Waals surface area (Å²) in [7, 11) is 0. The summed E-state index contributed by atoms with van der Waals surface area (Å²) in [5.74, 6) is -3.67. The maximum Gasteiger partial charge on any atom is 0.326 e. The van der Waals surface area contributed by atoms with Crippen LogP contribution in [0.3, 0.4) is 0 Å². The van der Waals surface area contributed by atoms with Gasteiger partial charge in [0.05, 0.1) is 6.04 Å². The molecule has 12 nitrogen and oxygen atoms in total. The highest BCUT2D eigenvalue weighted by atomic mass is 16.4. The highest BCUT2D eigenvalue weighted by molar-refractivity contribution is 5.94. The molecular weight excluding hydrogens is 492 g/mol. The number of hydrogen-bond donors (Lipinski definition) is 7. The number of amides is 4. The third-order valence-electron chi connectivity index (χ3n) is 5.86. The van der Waals surface area contributed by atoms with E-state index in [0.717, 1.165) is 5.56 Å². The largest absolute Gasteiger partial charge is 0.480 e. The number of nitrogens with one attached hydrogen (secondary N) is 3. The van der Waals surface area contributed by atoms with Gasteiger partial charge in [0.2, 0.25) is 23.6 Å². The fourth-order valence-electron chi connectivity index (χ4n) is 3.77. The van der Waals surface area contributed by atoms with Crippen molar-refractivity contribution in [2.24, 2.45) is 23.1 Å². The van der Waals surface area contributed by atoms with Crippen LogP contribution in [-0.4, -0.2) is 65.4 Å². The molecule has 0 spiro atoms. The van der Waals surface area contributed by atoms with E-state index in [1.165, 1.54) is 0 Å². The number of primary amides is 1. The van der Waals surface area contributed by atoms with Crippen molar-refractivity contribution < 1.29 is 29.1 Å². The summed E-state index contributed by atoms with van der Waals surface area (Å²) >= 11 is 0. The van der Waals surface area contributed by atoms with Gasteiger partial charge in [0, 0.05) is 12.8 Å². The number of carboxylic acids is 1. The number of aliphatic carboxylic acids is 1. The summed E-state index contributed by atoms with van der Waals surface area (Å²) in [6.45, 7) is 4.13. The number of nitrogens with two attached hydrogens (primary N) is 3. The van der Waals surface area contributed by atoms with Gasteiger partial charge in [-0.25, -0.2) is 4.79 Å². The Balaban J connectivity index is 2.98. The number of benzene rings is 1. The molecule has 0 bridgehead atoms. The van der Waals surface area contributed by atoms with Crippen molar-refractivity contribution >= 4 is 29.6 Å². The minimum atomic E-state index is -1.20. The molecule has 12 heteroatoms. The molecule has 0 heterocycles. The van der Waals surface area contributed by atoms with E-state index in [-0.39, 0.29) is 38.0 Å². The second-order valence-corrected chi connectivity index (χ2v) is 9.74. The lowest BCUT2D eigenvalue weighted by atomic mass is 10.00. The maximum atomic E-state index is 13.2. The third-order valence-corrected chi connectivity index (χ3v) is 5.86. The van der Waals surface area contributed by atoms with E-state index in [0.29, 0.717) is 19.4 Å². The Morgan fingerprint density at radius 2 is 1.42 bits per heavy atom. The minimum absolute atomic E-state index is 0.00375. The van der Waals surface area contributed by atoms with Crippen molar-refractivity contribution in [2.75, 3.05) is 6.54 Å². The zero-order valence-corrected chi connectivity index (χ0v) is 22.2. The van der Waals surface area contributed by atoms with E-state index in [4.69, 9.17) is 17.2 Å². The zero-order valence-electron chi connectivity index (χ0n) is 22.2. The average molecular weight is 535 g/mol. The predicted octanol–water partition coefficient (Wildman–Crippen LogP) is -0.464. The summed E-state index contributed by atoms with van der Waals surface area (Å²) < 4.78 is 0. The van der Waals surface area contributed by atoms with Crippen LogP contribution in [0, 0.1) is 5.92 Å². The SMILES string of the molecule is CC(C)CC(NC(=O)C(CCCCN)NC(=O)C(N)CCC(N)=O)C(=O)NC(Cc1ccccc1)C(=O)O. The molecule has 0 aliphatic rings. The number of hydrogen-bond acceptors (Lipinski definition) is 7. The van der Waals surface area contributed by atoms with Crippen molar-refractivity contribution in [1.29, 1.82) is 0 Å². The van der Waals surface area contributed by atoms with Gasteiger partial charge in [0.1, 0.15) is 18.1 Å². The average Bonchev–Trinajstić information content (AvgIpc) is 2.85. The van der Waals surface area contributed by atoms with Crippen LogP contribution in [-0.2, 0) is 30.4 Å². The van der Waals surface area contributed by atoms with Gasteiger partial charge in [-0.15, -0.1) is 0 Å². The Morgan fingerprint density at radius 1 is 0.842 bits per heavy atom. The van der Waals surface area contributed by atoms with Crippen LogP contribution >= 0.6 is 0 Å². The molecule has 0 aliphatic carbocycles. The van der Waals surface area contributed by atoms with Gasteiger partial charge in [0.15, 0.2) is 0 Å². The summed E-state index contributed by atoms with van der Waals surface area (Å²) in [5, 5.41) is 17.5. The van der Waals surface area contributed by atoms with Gasteiger partial charge in [-0.2, -0.15) is 0 Å². The third kappa shape index (κ3) is 12.6. The molecule has 0 radical (unpaired) electrons. The van der Waals surface area contributed by atoms with Crippen LogP contribution in [0.5, 0.6) is 0 Å². The number of rotatable bonds is 18. The van der Waals surface area contributed by atoms with Crippen molar-refractivity contribution in [1.82, 2.24) is 16.0 Å². The van der Waals surface area contributed by atoms with Crippen LogP contribution in [0.1, 0.15) is 57.9 Å². The monoisotopic (exact) mass is 534 g/mol. The minimum Gasteiger partial charge on any atom is -0.480 e. The van der Waals surface area contributed by atoms with Gasteiger partial charge in [-0.3, -0.25) is 19.2 Å². The van der Waals surface area contributed by atoms with Crippen molar-refractivity contribution in [3.63, 3.8) is 0 Å². The molecule has 10 N–H and O–H groups in total. The number of carboxylic acid groups (broad SMARTS) is 1. The Morgan fingerprint density at radius 3 is 1.97 bits per heavy atom. The topological polar surface area (TPSA) is 220 Å². The molecule has 212 valence electrons. The van der Waals surface area contributed by atoms with Gasteiger partial charge < -0.3 is 38.3 Å². The lowest BCUT2D eigenvalue weighted by molar-refractivity contribution is -0.142. The molecule has 0 saturated carbocycles. The molecule has 1 rings (SSSR count). The molecular formula is C26H42N6O6. The van der Waals surface area contributed by atoms with Gasteiger partial charge in [0.25, 0.3) is 0 Å². The van der Waals surface area contributed by atoms with E-state index >= 15 is 0 Å². The number of unbranched alkanes of at least 4 members (excludes halogenated alkanes) is 1. The summed E-state index contributed by atoms with van der Waals surface area (Å²) in [4.78, 5) is 61.7. The molecule has 0 aliphatic heterocycles. The molecule has 38 heavy (non-hydrogen) atoms. The first kappa shape index (κ1) is 32.5. The Labute approximate surface area is 223 Å². The van der Waals surface area contributed by atoms with Crippen molar-refractivity contribution in [3.8, 4) is 0 Å². The lowest BCUT2D eigenvalue weighted by Gasteiger charge is -2.26. The van der Waals surface area contributed by atoms with Gasteiger partial charge in [-0.05, 0) is 50.1 Å². The highest BCUT2D eigenvalue weighted by Gasteiger charge is 2.30. The summed E-state index contributed by atoms with van der Waals surface area (Å²) in [5.41, 5.74) is 17.2. The maximum absolute atomic E-state index is 13.2. The van der Waals surface area contributed by atoms with E-state index < -0.39 is 53.8 Å². The molecule has 0 aromatic heterocycles. The van der Waals surface area contributed by atoms with Crippen LogP contribution in [0.25, 0.3) is 0 Å². The van der Waals surface area contributed by atoms with Crippen molar-refractivity contribution in [3.05, 3.63) is 35.9 Å². The predicted molar refractivity (Wildman–Crippen MR) is 142 cm³/mol. The first-order valence-electron chi connectivity index (χ1n) is 12.9. The molecule has 0 saturated heterocycles. The van der Waals surface area contributed by atoms with Gasteiger partial charge >= 0.3 is 5.97 Å².